The number of carbonyl (C=O) groups is 4. The third kappa shape index (κ3) is 13.3. The monoisotopic (exact) mass is 666 g/mol. The highest BCUT2D eigenvalue weighted by molar-refractivity contribution is 5.92. The molecule has 0 radical (unpaired) electrons. The van der Waals surface area contributed by atoms with E-state index < -0.39 is 47.8 Å². The zero-order valence-electron chi connectivity index (χ0n) is 29.9. The second-order valence-electron chi connectivity index (χ2n) is 14.3. The average molecular weight is 667 g/mol. The minimum atomic E-state index is -0.929. The maximum absolute atomic E-state index is 14.0. The van der Waals surface area contributed by atoms with Crippen molar-refractivity contribution in [3.8, 4) is 5.75 Å². The van der Waals surface area contributed by atoms with Crippen LogP contribution in [0.2, 0.25) is 0 Å². The lowest BCUT2D eigenvalue weighted by molar-refractivity contribution is -0.134. The summed E-state index contributed by atoms with van der Waals surface area (Å²) in [5.41, 5.74) is 13.9. The van der Waals surface area contributed by atoms with Crippen molar-refractivity contribution in [3.63, 3.8) is 0 Å². The molecule has 2 rings (SSSR count). The fraction of sp³-hybridized carbons (Fsp3) is 0.595. The molecule has 0 aliphatic carbocycles. The SMILES string of the molecule is CC(C)CC(=O)N[C@@H](CC(C)C)C(=O)N[C@H](C(=O)N[C@@H](Cc1ccccc1)[C@@H](N)C(C(N)=O)[C@@H](COc1cccnc1)C(C)C)C(C)C. The van der Waals surface area contributed by atoms with Gasteiger partial charge in [0.1, 0.15) is 17.8 Å². The quantitative estimate of drug-likeness (QED) is 0.143. The molecule has 11 nitrogen and oxygen atoms in total. The first-order valence-electron chi connectivity index (χ1n) is 17.1. The first-order chi connectivity index (χ1) is 22.6. The molecule has 1 aromatic carbocycles. The third-order valence-corrected chi connectivity index (χ3v) is 8.43. The van der Waals surface area contributed by atoms with Crippen LogP contribution in [0.5, 0.6) is 5.75 Å². The van der Waals surface area contributed by atoms with Crippen molar-refractivity contribution in [2.75, 3.05) is 6.61 Å². The molecule has 0 aliphatic heterocycles. The van der Waals surface area contributed by atoms with E-state index in [2.05, 4.69) is 20.9 Å². The Labute approximate surface area is 286 Å². The smallest absolute Gasteiger partial charge is 0.243 e. The first kappa shape index (κ1) is 40.2. The number of nitrogens with two attached hydrogens (primary N) is 2. The standard InChI is InChI=1S/C37H58N6O5/c1-22(2)17-30(41-31(44)18-23(3)4)36(46)43-34(25(7)8)37(47)42-29(19-26-13-10-9-11-14-26)33(38)32(35(39)45)28(24(5)6)21-48-27-15-12-16-40-20-27/h9-16,20,22-25,28-30,32-34H,17-19,21,38H2,1-8H3,(H2,39,45)(H,41,44)(H,42,47)(H,43,46)/t28-,29-,30-,32?,33+,34-/m0/s1. The third-order valence-electron chi connectivity index (χ3n) is 8.43. The summed E-state index contributed by atoms with van der Waals surface area (Å²) in [6.45, 7) is 15.6. The maximum Gasteiger partial charge on any atom is 0.243 e. The van der Waals surface area contributed by atoms with Crippen molar-refractivity contribution < 1.29 is 23.9 Å². The molecule has 0 saturated heterocycles. The molecule has 2 aromatic rings. The average Bonchev–Trinajstić information content (AvgIpc) is 3.00. The van der Waals surface area contributed by atoms with Crippen LogP contribution in [0.4, 0.5) is 0 Å². The first-order valence-corrected chi connectivity index (χ1v) is 17.1. The number of amides is 4. The van der Waals surface area contributed by atoms with Gasteiger partial charge < -0.3 is 32.2 Å². The van der Waals surface area contributed by atoms with Crippen LogP contribution >= 0.6 is 0 Å². The van der Waals surface area contributed by atoms with Gasteiger partial charge in [0.05, 0.1) is 18.7 Å². The largest absolute Gasteiger partial charge is 0.492 e. The van der Waals surface area contributed by atoms with Gasteiger partial charge in [-0.3, -0.25) is 24.2 Å². The molecule has 0 bridgehead atoms. The van der Waals surface area contributed by atoms with Crippen molar-refractivity contribution in [2.24, 2.45) is 47.0 Å². The van der Waals surface area contributed by atoms with Crippen molar-refractivity contribution in [1.82, 2.24) is 20.9 Å². The van der Waals surface area contributed by atoms with Crippen molar-refractivity contribution in [2.45, 2.75) is 98.8 Å². The zero-order chi connectivity index (χ0) is 36.0. The van der Waals surface area contributed by atoms with Gasteiger partial charge in [0, 0.05) is 30.6 Å². The maximum atomic E-state index is 14.0. The van der Waals surface area contributed by atoms with Gasteiger partial charge in [0.25, 0.3) is 0 Å². The Balaban J connectivity index is 2.38. The summed E-state index contributed by atoms with van der Waals surface area (Å²) < 4.78 is 6.01. The Morgan fingerprint density at radius 1 is 0.812 bits per heavy atom. The Morgan fingerprint density at radius 2 is 1.48 bits per heavy atom. The van der Waals surface area contributed by atoms with Gasteiger partial charge in [-0.05, 0) is 54.2 Å². The van der Waals surface area contributed by atoms with E-state index >= 15 is 0 Å². The molecule has 0 spiro atoms. The van der Waals surface area contributed by atoms with Gasteiger partial charge in [-0.2, -0.15) is 0 Å². The molecule has 7 N–H and O–H groups in total. The van der Waals surface area contributed by atoms with Crippen LogP contribution in [0.15, 0.2) is 54.9 Å². The van der Waals surface area contributed by atoms with Gasteiger partial charge in [-0.15, -0.1) is 0 Å². The van der Waals surface area contributed by atoms with E-state index in [9.17, 15) is 19.2 Å². The Kier molecular flexibility index (Phi) is 16.5. The molecule has 266 valence electrons. The molecule has 1 aromatic heterocycles. The lowest BCUT2D eigenvalue weighted by atomic mass is 9.76. The van der Waals surface area contributed by atoms with Crippen molar-refractivity contribution in [1.29, 1.82) is 0 Å². The summed E-state index contributed by atoms with van der Waals surface area (Å²) in [4.78, 5) is 57.4. The van der Waals surface area contributed by atoms with E-state index in [1.54, 1.807) is 24.5 Å². The van der Waals surface area contributed by atoms with Crippen LogP contribution < -0.4 is 32.2 Å². The molecule has 0 saturated carbocycles. The number of hydrogen-bond donors (Lipinski definition) is 5. The molecule has 4 amide bonds. The summed E-state index contributed by atoms with van der Waals surface area (Å²) in [5, 5.41) is 8.83. The number of aromatic nitrogens is 1. The van der Waals surface area contributed by atoms with Crippen LogP contribution in [0.3, 0.4) is 0 Å². The molecule has 11 heteroatoms. The zero-order valence-corrected chi connectivity index (χ0v) is 29.9. The lowest BCUT2D eigenvalue weighted by Gasteiger charge is -2.37. The predicted molar refractivity (Wildman–Crippen MR) is 188 cm³/mol. The Hall–Kier alpha value is -3.99. The van der Waals surface area contributed by atoms with E-state index in [0.29, 0.717) is 25.0 Å². The predicted octanol–water partition coefficient (Wildman–Crippen LogP) is 3.61. The fourth-order valence-corrected chi connectivity index (χ4v) is 5.81. The van der Waals surface area contributed by atoms with Gasteiger partial charge in [-0.25, -0.2) is 0 Å². The van der Waals surface area contributed by atoms with Gasteiger partial charge in [-0.1, -0.05) is 85.7 Å². The van der Waals surface area contributed by atoms with Crippen molar-refractivity contribution >= 4 is 23.6 Å². The molecule has 0 aliphatic rings. The summed E-state index contributed by atoms with van der Waals surface area (Å²) in [5.74, 6) is -2.42. The van der Waals surface area contributed by atoms with E-state index in [1.807, 2.05) is 85.7 Å². The topological polar surface area (TPSA) is 179 Å². The second-order valence-corrected chi connectivity index (χ2v) is 14.3. The number of benzene rings is 1. The summed E-state index contributed by atoms with van der Waals surface area (Å²) in [6, 6.07) is 9.75. The number of rotatable bonds is 20. The highest BCUT2D eigenvalue weighted by Crippen LogP contribution is 2.27. The van der Waals surface area contributed by atoms with Crippen LogP contribution in [0.25, 0.3) is 0 Å². The van der Waals surface area contributed by atoms with E-state index in [-0.39, 0.29) is 42.1 Å². The lowest BCUT2D eigenvalue weighted by Crippen LogP contribution is -2.62. The molecule has 1 heterocycles. The van der Waals surface area contributed by atoms with E-state index in [1.165, 1.54) is 0 Å². The number of carbonyl (C=O) groups excluding carboxylic acids is 4. The molecular weight excluding hydrogens is 608 g/mol. The molecular formula is C37H58N6O5. The number of hydrogen-bond acceptors (Lipinski definition) is 7. The van der Waals surface area contributed by atoms with Crippen LogP contribution in [0.1, 0.15) is 73.8 Å². The fourth-order valence-electron chi connectivity index (χ4n) is 5.81. The molecule has 0 fully saturated rings. The summed E-state index contributed by atoms with van der Waals surface area (Å²) in [6.07, 6.45) is 4.27. The number of primary amides is 1. The number of pyridine rings is 1. The van der Waals surface area contributed by atoms with Crippen LogP contribution in [-0.2, 0) is 25.6 Å². The number of ether oxygens (including phenoxy) is 1. The Morgan fingerprint density at radius 3 is 2.00 bits per heavy atom. The Bertz CT molecular complexity index is 1290. The summed E-state index contributed by atoms with van der Waals surface area (Å²) >= 11 is 0. The normalized spacial score (nSPS) is 15.4. The van der Waals surface area contributed by atoms with Gasteiger partial charge in [0.15, 0.2) is 0 Å². The second kappa shape index (κ2) is 19.7. The number of nitrogens with one attached hydrogen (secondary N) is 3. The van der Waals surface area contributed by atoms with Gasteiger partial charge >= 0.3 is 0 Å². The highest BCUT2D eigenvalue weighted by atomic mass is 16.5. The van der Waals surface area contributed by atoms with E-state index in [0.717, 1.165) is 5.56 Å². The minimum Gasteiger partial charge on any atom is -0.492 e. The van der Waals surface area contributed by atoms with Crippen LogP contribution in [-0.4, -0.2) is 59.4 Å². The van der Waals surface area contributed by atoms with Crippen LogP contribution in [0, 0.1) is 35.5 Å². The molecule has 1 unspecified atom stereocenters. The molecule has 6 atom stereocenters. The number of nitrogens with zero attached hydrogens (tertiary/aromatic N) is 1. The minimum absolute atomic E-state index is 0.0372. The summed E-state index contributed by atoms with van der Waals surface area (Å²) in [7, 11) is 0. The van der Waals surface area contributed by atoms with Crippen molar-refractivity contribution in [3.05, 3.63) is 60.4 Å². The van der Waals surface area contributed by atoms with E-state index in [4.69, 9.17) is 16.2 Å². The molecule has 48 heavy (non-hydrogen) atoms. The highest BCUT2D eigenvalue weighted by Gasteiger charge is 2.40. The van der Waals surface area contributed by atoms with Gasteiger partial charge in [0.2, 0.25) is 23.6 Å².